The van der Waals surface area contributed by atoms with Crippen molar-refractivity contribution in [1.29, 1.82) is 0 Å². The number of nitrogens with zero attached hydrogens (tertiary/aromatic N) is 3. The fraction of sp³-hybridized carbons (Fsp3) is 0.389. The Labute approximate surface area is 136 Å². The van der Waals surface area contributed by atoms with Crippen molar-refractivity contribution in [3.63, 3.8) is 0 Å². The maximum absolute atomic E-state index is 12.7. The van der Waals surface area contributed by atoms with E-state index in [2.05, 4.69) is 22.4 Å². The lowest BCUT2D eigenvalue weighted by molar-refractivity contribution is 0.466. The summed E-state index contributed by atoms with van der Waals surface area (Å²) in [7, 11) is 0. The number of hydrogen-bond donors (Lipinski definition) is 1. The van der Waals surface area contributed by atoms with Crippen molar-refractivity contribution in [2.75, 3.05) is 5.43 Å². The van der Waals surface area contributed by atoms with Gasteiger partial charge >= 0.3 is 0 Å². The fourth-order valence-electron chi connectivity index (χ4n) is 3.03. The Balaban J connectivity index is 2.04. The average Bonchev–Trinajstić information content (AvgIpc) is 2.55. The Bertz CT molecular complexity index is 793. The van der Waals surface area contributed by atoms with Gasteiger partial charge in [-0.15, -0.1) is 0 Å². The molecule has 0 saturated carbocycles. The molecule has 0 amide bonds. The molecular formula is C18H22N4O. The molecule has 2 heterocycles. The molecule has 1 unspecified atom stereocenters. The van der Waals surface area contributed by atoms with Gasteiger partial charge in [-0.3, -0.25) is 14.8 Å². The van der Waals surface area contributed by atoms with Crippen molar-refractivity contribution < 1.29 is 0 Å². The topological polar surface area (TPSA) is 59.3 Å². The van der Waals surface area contributed by atoms with Gasteiger partial charge in [-0.1, -0.05) is 25.1 Å². The summed E-state index contributed by atoms with van der Waals surface area (Å²) in [6, 6.07) is 9.96. The number of aryl methyl sites for hydroxylation is 1. The van der Waals surface area contributed by atoms with Crippen molar-refractivity contribution in [2.45, 2.75) is 46.1 Å². The lowest BCUT2D eigenvalue weighted by Gasteiger charge is -2.26. The Morgan fingerprint density at radius 3 is 2.78 bits per heavy atom. The predicted octanol–water partition coefficient (Wildman–Crippen LogP) is 3.29. The first-order chi connectivity index (χ1) is 11.1. The van der Waals surface area contributed by atoms with Crippen LogP contribution in [-0.2, 0) is 6.42 Å². The van der Waals surface area contributed by atoms with E-state index < -0.39 is 0 Å². The highest BCUT2D eigenvalue weighted by Crippen LogP contribution is 2.23. The third kappa shape index (κ3) is 2.91. The number of aromatic nitrogens is 2. The normalized spacial score (nSPS) is 18.7. The van der Waals surface area contributed by atoms with Gasteiger partial charge < -0.3 is 0 Å². The van der Waals surface area contributed by atoms with Gasteiger partial charge in [0.25, 0.3) is 5.56 Å². The lowest BCUT2D eigenvalue weighted by Crippen LogP contribution is -2.37. The van der Waals surface area contributed by atoms with E-state index in [1.165, 1.54) is 0 Å². The molecule has 1 aliphatic heterocycles. The molecule has 1 N–H and O–H groups in total. The van der Waals surface area contributed by atoms with Gasteiger partial charge in [-0.2, -0.15) is 5.10 Å². The summed E-state index contributed by atoms with van der Waals surface area (Å²) in [5.74, 6) is 0.701. The average molecular weight is 310 g/mol. The van der Waals surface area contributed by atoms with Crippen LogP contribution in [0.4, 0.5) is 5.69 Å². The number of para-hydroxylation sites is 1. The van der Waals surface area contributed by atoms with Crippen LogP contribution >= 0.6 is 0 Å². The maximum Gasteiger partial charge on any atom is 0.257 e. The zero-order valence-electron chi connectivity index (χ0n) is 13.8. The minimum absolute atomic E-state index is 0.0783. The molecule has 0 fully saturated rings. The van der Waals surface area contributed by atoms with Crippen molar-refractivity contribution >= 4 is 11.4 Å². The molecule has 0 spiro atoms. The van der Waals surface area contributed by atoms with Crippen LogP contribution in [0.25, 0.3) is 0 Å². The van der Waals surface area contributed by atoms with Gasteiger partial charge in [-0.25, -0.2) is 4.98 Å². The first kappa shape index (κ1) is 15.5. The largest absolute Gasteiger partial charge is 0.288 e. The van der Waals surface area contributed by atoms with Crippen LogP contribution in [0.2, 0.25) is 0 Å². The second-order valence-corrected chi connectivity index (χ2v) is 5.95. The van der Waals surface area contributed by atoms with Crippen molar-refractivity contribution in [2.24, 2.45) is 5.10 Å². The number of anilines is 1. The minimum atomic E-state index is 0.0783. The van der Waals surface area contributed by atoms with Crippen molar-refractivity contribution in [1.82, 2.24) is 9.55 Å². The molecule has 1 aliphatic rings. The molecule has 23 heavy (non-hydrogen) atoms. The summed E-state index contributed by atoms with van der Waals surface area (Å²) in [5.41, 5.74) is 6.53. The summed E-state index contributed by atoms with van der Waals surface area (Å²) < 4.78 is 1.81. The number of nitrogens with one attached hydrogen (secondary N) is 1. The molecule has 0 radical (unpaired) electrons. The standard InChI is InChI=1S/C18H22N4O/c1-4-15-13(3)19-17-16(11-10-12(2)22(17)18(15)23)21-20-14-8-6-5-7-9-14/h5-9,12,20H,4,10-11H2,1-3H3/b21-16+. The number of hydrogen-bond acceptors (Lipinski definition) is 4. The number of benzene rings is 1. The van der Waals surface area contributed by atoms with Crippen LogP contribution in [0, 0.1) is 6.92 Å². The van der Waals surface area contributed by atoms with Crippen molar-refractivity contribution in [3.05, 3.63) is 57.8 Å². The van der Waals surface area contributed by atoms with E-state index in [1.54, 1.807) is 4.57 Å². The number of rotatable bonds is 3. The molecule has 0 bridgehead atoms. The minimum Gasteiger partial charge on any atom is -0.288 e. The zero-order valence-corrected chi connectivity index (χ0v) is 13.8. The highest BCUT2D eigenvalue weighted by Gasteiger charge is 2.25. The second-order valence-electron chi connectivity index (χ2n) is 5.95. The van der Waals surface area contributed by atoms with Crippen molar-refractivity contribution in [3.8, 4) is 0 Å². The summed E-state index contributed by atoms with van der Waals surface area (Å²) in [6.45, 7) is 5.98. The Morgan fingerprint density at radius 1 is 1.35 bits per heavy atom. The van der Waals surface area contributed by atoms with E-state index in [9.17, 15) is 4.79 Å². The van der Waals surface area contributed by atoms with E-state index in [4.69, 9.17) is 0 Å². The van der Waals surface area contributed by atoms with Crippen LogP contribution in [0.3, 0.4) is 0 Å². The second kappa shape index (κ2) is 6.36. The monoisotopic (exact) mass is 310 g/mol. The summed E-state index contributed by atoms with van der Waals surface area (Å²) in [5, 5.41) is 4.51. The maximum atomic E-state index is 12.7. The molecule has 2 aromatic rings. The van der Waals surface area contributed by atoms with Gasteiger partial charge in [0.2, 0.25) is 0 Å². The summed E-state index contributed by atoms with van der Waals surface area (Å²) in [4.78, 5) is 17.4. The molecular weight excluding hydrogens is 288 g/mol. The first-order valence-electron chi connectivity index (χ1n) is 8.11. The van der Waals surface area contributed by atoms with Crippen LogP contribution < -0.4 is 11.0 Å². The van der Waals surface area contributed by atoms with Crippen LogP contribution in [0.15, 0.2) is 40.2 Å². The molecule has 1 atom stereocenters. The SMILES string of the molecule is CCc1c(C)nc2n(c1=O)C(C)CC/C2=N\Nc1ccccc1. The number of fused-ring (bicyclic) bond motifs is 1. The molecule has 5 nitrogen and oxygen atoms in total. The van der Waals surface area contributed by atoms with E-state index >= 15 is 0 Å². The molecule has 5 heteroatoms. The lowest BCUT2D eigenvalue weighted by atomic mass is 10.0. The molecule has 120 valence electrons. The molecule has 0 aliphatic carbocycles. The summed E-state index contributed by atoms with van der Waals surface area (Å²) >= 11 is 0. The Morgan fingerprint density at radius 2 is 2.09 bits per heavy atom. The van der Waals surface area contributed by atoms with E-state index in [-0.39, 0.29) is 11.6 Å². The van der Waals surface area contributed by atoms with E-state index in [0.717, 1.165) is 35.5 Å². The number of hydrazone groups is 1. The van der Waals surface area contributed by atoms with Gasteiger partial charge in [-0.05, 0) is 45.2 Å². The smallest absolute Gasteiger partial charge is 0.257 e. The quantitative estimate of drug-likeness (QED) is 0.885. The van der Waals surface area contributed by atoms with Crippen LogP contribution in [0.1, 0.15) is 49.8 Å². The Hall–Kier alpha value is -2.43. The highest BCUT2D eigenvalue weighted by atomic mass is 16.1. The van der Waals surface area contributed by atoms with E-state index in [1.807, 2.05) is 44.2 Å². The predicted molar refractivity (Wildman–Crippen MR) is 93.2 cm³/mol. The van der Waals surface area contributed by atoms with Gasteiger partial charge in [0.05, 0.1) is 5.69 Å². The van der Waals surface area contributed by atoms with Gasteiger partial charge in [0, 0.05) is 17.3 Å². The molecule has 3 rings (SSSR count). The molecule has 1 aromatic heterocycles. The van der Waals surface area contributed by atoms with Crippen LogP contribution in [-0.4, -0.2) is 15.3 Å². The Kier molecular flexibility index (Phi) is 4.28. The van der Waals surface area contributed by atoms with Gasteiger partial charge in [0.15, 0.2) is 5.82 Å². The van der Waals surface area contributed by atoms with Crippen LogP contribution in [0.5, 0.6) is 0 Å². The highest BCUT2D eigenvalue weighted by molar-refractivity contribution is 5.98. The fourth-order valence-corrected chi connectivity index (χ4v) is 3.03. The van der Waals surface area contributed by atoms with E-state index in [0.29, 0.717) is 12.2 Å². The third-order valence-corrected chi connectivity index (χ3v) is 4.36. The third-order valence-electron chi connectivity index (χ3n) is 4.36. The first-order valence-corrected chi connectivity index (χ1v) is 8.11. The zero-order chi connectivity index (χ0) is 16.4. The molecule has 1 aromatic carbocycles. The molecule has 0 saturated heterocycles. The summed E-state index contributed by atoms with van der Waals surface area (Å²) in [6.07, 6.45) is 2.42. The van der Waals surface area contributed by atoms with Gasteiger partial charge in [0.1, 0.15) is 5.71 Å².